The Morgan fingerprint density at radius 1 is 1.64 bits per heavy atom. The molecule has 66 valence electrons. The molecule has 1 aliphatic rings. The molecule has 0 aromatic heterocycles. The van der Waals surface area contributed by atoms with Gasteiger partial charge in [0.25, 0.3) is 0 Å². The van der Waals surface area contributed by atoms with E-state index in [2.05, 4.69) is 18.5 Å². The average Bonchev–Trinajstić information content (AvgIpc) is 2.37. The summed E-state index contributed by atoms with van der Waals surface area (Å²) in [5, 5.41) is 3.49. The standard InChI is InChI=1S/C8H17NOS/c1-7-8(3-5-10-7)9-4-6-11-2/h7-9H,3-6H2,1-2H3. The predicted molar refractivity (Wildman–Crippen MR) is 50.2 cm³/mol. The lowest BCUT2D eigenvalue weighted by molar-refractivity contribution is 0.113. The first-order valence-corrected chi connectivity index (χ1v) is 5.58. The van der Waals surface area contributed by atoms with E-state index in [1.807, 2.05) is 11.8 Å². The van der Waals surface area contributed by atoms with Crippen molar-refractivity contribution in [1.29, 1.82) is 0 Å². The second-order valence-electron chi connectivity index (χ2n) is 2.92. The van der Waals surface area contributed by atoms with Crippen molar-refractivity contribution < 1.29 is 4.74 Å². The fourth-order valence-electron chi connectivity index (χ4n) is 1.35. The molecule has 0 radical (unpaired) electrons. The predicted octanol–water partition coefficient (Wildman–Crippen LogP) is 1.12. The van der Waals surface area contributed by atoms with Crippen molar-refractivity contribution in [3.05, 3.63) is 0 Å². The minimum Gasteiger partial charge on any atom is -0.377 e. The first-order valence-electron chi connectivity index (χ1n) is 4.18. The van der Waals surface area contributed by atoms with Crippen LogP contribution in [0, 0.1) is 0 Å². The van der Waals surface area contributed by atoms with Crippen LogP contribution in [0.3, 0.4) is 0 Å². The number of thioether (sulfide) groups is 1. The zero-order chi connectivity index (χ0) is 8.10. The summed E-state index contributed by atoms with van der Waals surface area (Å²) in [6, 6.07) is 0.599. The van der Waals surface area contributed by atoms with E-state index in [4.69, 9.17) is 4.74 Å². The Hall–Kier alpha value is 0.270. The maximum Gasteiger partial charge on any atom is 0.0700 e. The maximum absolute atomic E-state index is 5.43. The number of ether oxygens (including phenoxy) is 1. The van der Waals surface area contributed by atoms with E-state index >= 15 is 0 Å². The number of hydrogen-bond acceptors (Lipinski definition) is 3. The Bertz CT molecular complexity index is 110. The van der Waals surface area contributed by atoms with Crippen LogP contribution in [0.15, 0.2) is 0 Å². The molecule has 0 aromatic rings. The molecule has 1 fully saturated rings. The van der Waals surface area contributed by atoms with Crippen molar-refractivity contribution >= 4 is 11.8 Å². The summed E-state index contributed by atoms with van der Waals surface area (Å²) < 4.78 is 5.43. The van der Waals surface area contributed by atoms with E-state index in [-0.39, 0.29) is 0 Å². The first kappa shape index (κ1) is 9.36. The van der Waals surface area contributed by atoms with Crippen LogP contribution in [-0.4, -0.2) is 37.3 Å². The van der Waals surface area contributed by atoms with Gasteiger partial charge in [-0.1, -0.05) is 0 Å². The summed E-state index contributed by atoms with van der Waals surface area (Å²) in [6.07, 6.45) is 3.73. The Labute approximate surface area is 73.1 Å². The molecule has 11 heavy (non-hydrogen) atoms. The molecule has 0 amide bonds. The van der Waals surface area contributed by atoms with Crippen molar-refractivity contribution in [2.45, 2.75) is 25.5 Å². The summed E-state index contributed by atoms with van der Waals surface area (Å²) in [7, 11) is 0. The van der Waals surface area contributed by atoms with Gasteiger partial charge >= 0.3 is 0 Å². The van der Waals surface area contributed by atoms with Crippen LogP contribution in [0.5, 0.6) is 0 Å². The van der Waals surface area contributed by atoms with Crippen LogP contribution in [0.4, 0.5) is 0 Å². The molecule has 2 nitrogen and oxygen atoms in total. The van der Waals surface area contributed by atoms with Gasteiger partial charge in [0.1, 0.15) is 0 Å². The molecular formula is C8H17NOS. The average molecular weight is 175 g/mol. The lowest BCUT2D eigenvalue weighted by Crippen LogP contribution is -2.35. The molecule has 1 heterocycles. The van der Waals surface area contributed by atoms with Crippen molar-refractivity contribution in [2.75, 3.05) is 25.2 Å². The highest BCUT2D eigenvalue weighted by molar-refractivity contribution is 7.98. The Kier molecular flexibility index (Phi) is 4.26. The van der Waals surface area contributed by atoms with Crippen LogP contribution < -0.4 is 5.32 Å². The van der Waals surface area contributed by atoms with Gasteiger partial charge in [-0.25, -0.2) is 0 Å². The molecule has 2 unspecified atom stereocenters. The summed E-state index contributed by atoms with van der Waals surface area (Å²) >= 11 is 1.88. The minimum absolute atomic E-state index is 0.414. The van der Waals surface area contributed by atoms with E-state index in [0.29, 0.717) is 12.1 Å². The second kappa shape index (κ2) is 5.01. The largest absolute Gasteiger partial charge is 0.377 e. The van der Waals surface area contributed by atoms with Gasteiger partial charge in [-0.15, -0.1) is 0 Å². The van der Waals surface area contributed by atoms with Crippen molar-refractivity contribution in [2.24, 2.45) is 0 Å². The quantitative estimate of drug-likeness (QED) is 0.647. The third-order valence-corrected chi connectivity index (χ3v) is 2.70. The van der Waals surface area contributed by atoms with Crippen molar-refractivity contribution in [3.8, 4) is 0 Å². The van der Waals surface area contributed by atoms with E-state index in [1.54, 1.807) is 0 Å². The van der Waals surface area contributed by atoms with E-state index in [0.717, 1.165) is 13.2 Å². The Balaban J connectivity index is 2.05. The Morgan fingerprint density at radius 2 is 2.45 bits per heavy atom. The molecule has 1 rings (SSSR count). The Morgan fingerprint density at radius 3 is 3.00 bits per heavy atom. The topological polar surface area (TPSA) is 21.3 Å². The highest BCUT2D eigenvalue weighted by atomic mass is 32.2. The van der Waals surface area contributed by atoms with Gasteiger partial charge in [-0.2, -0.15) is 11.8 Å². The van der Waals surface area contributed by atoms with Gasteiger partial charge in [-0.3, -0.25) is 0 Å². The summed E-state index contributed by atoms with van der Waals surface area (Å²) in [6.45, 7) is 4.18. The van der Waals surface area contributed by atoms with Gasteiger partial charge in [0.05, 0.1) is 6.10 Å². The number of rotatable bonds is 4. The normalized spacial score (nSPS) is 31.1. The molecule has 0 spiro atoms. The van der Waals surface area contributed by atoms with Gasteiger partial charge in [0.15, 0.2) is 0 Å². The summed E-state index contributed by atoms with van der Waals surface area (Å²) in [4.78, 5) is 0. The van der Waals surface area contributed by atoms with Gasteiger partial charge in [0, 0.05) is 24.9 Å². The van der Waals surface area contributed by atoms with Crippen molar-refractivity contribution in [3.63, 3.8) is 0 Å². The zero-order valence-electron chi connectivity index (χ0n) is 7.30. The molecular weight excluding hydrogens is 158 g/mol. The highest BCUT2D eigenvalue weighted by Crippen LogP contribution is 2.12. The summed E-state index contributed by atoms with van der Waals surface area (Å²) in [5.74, 6) is 1.20. The lowest BCUT2D eigenvalue weighted by atomic mass is 10.2. The SMILES string of the molecule is CSCCNC1CCOC1C. The fraction of sp³-hybridized carbons (Fsp3) is 1.00. The first-order chi connectivity index (χ1) is 5.34. The van der Waals surface area contributed by atoms with Crippen LogP contribution >= 0.6 is 11.8 Å². The molecule has 2 atom stereocenters. The minimum atomic E-state index is 0.414. The lowest BCUT2D eigenvalue weighted by Gasteiger charge is -2.14. The molecule has 0 aromatic carbocycles. The van der Waals surface area contributed by atoms with Gasteiger partial charge in [-0.05, 0) is 19.6 Å². The fourth-order valence-corrected chi connectivity index (χ4v) is 1.67. The number of nitrogens with one attached hydrogen (secondary N) is 1. The highest BCUT2D eigenvalue weighted by Gasteiger charge is 2.22. The van der Waals surface area contributed by atoms with Crippen LogP contribution in [-0.2, 0) is 4.74 Å². The number of hydrogen-bond donors (Lipinski definition) is 1. The van der Waals surface area contributed by atoms with E-state index in [1.165, 1.54) is 12.2 Å². The van der Waals surface area contributed by atoms with Crippen LogP contribution in [0.2, 0.25) is 0 Å². The van der Waals surface area contributed by atoms with E-state index in [9.17, 15) is 0 Å². The van der Waals surface area contributed by atoms with Gasteiger partial charge < -0.3 is 10.1 Å². The zero-order valence-corrected chi connectivity index (χ0v) is 8.12. The second-order valence-corrected chi connectivity index (χ2v) is 3.90. The maximum atomic E-state index is 5.43. The smallest absolute Gasteiger partial charge is 0.0700 e. The summed E-state index contributed by atoms with van der Waals surface area (Å²) in [5.41, 5.74) is 0. The molecule has 0 saturated carbocycles. The third kappa shape index (κ3) is 3.01. The molecule has 1 saturated heterocycles. The van der Waals surface area contributed by atoms with Crippen LogP contribution in [0.25, 0.3) is 0 Å². The molecule has 1 aliphatic heterocycles. The molecule has 3 heteroatoms. The molecule has 0 aliphatic carbocycles. The van der Waals surface area contributed by atoms with Crippen LogP contribution in [0.1, 0.15) is 13.3 Å². The molecule has 1 N–H and O–H groups in total. The third-order valence-electron chi connectivity index (χ3n) is 2.09. The molecule has 0 bridgehead atoms. The van der Waals surface area contributed by atoms with E-state index < -0.39 is 0 Å². The van der Waals surface area contributed by atoms with Crippen molar-refractivity contribution in [1.82, 2.24) is 5.32 Å². The monoisotopic (exact) mass is 175 g/mol. The van der Waals surface area contributed by atoms with Gasteiger partial charge in [0.2, 0.25) is 0 Å².